The Hall–Kier alpha value is -1.68. The molecule has 70 valence electrons. The summed E-state index contributed by atoms with van der Waals surface area (Å²) >= 11 is 1.27. The molecule has 0 radical (unpaired) electrons. The Morgan fingerprint density at radius 1 is 1.29 bits per heavy atom. The summed E-state index contributed by atoms with van der Waals surface area (Å²) < 4.78 is 0. The molecule has 0 atom stereocenters. The van der Waals surface area contributed by atoms with Crippen molar-refractivity contribution in [1.29, 1.82) is 0 Å². The van der Waals surface area contributed by atoms with Crippen LogP contribution < -0.4 is 5.73 Å². The topological polar surface area (TPSA) is 56.0 Å². The van der Waals surface area contributed by atoms with E-state index in [9.17, 15) is 4.79 Å². The summed E-state index contributed by atoms with van der Waals surface area (Å²) in [5.41, 5.74) is 6.08. The lowest BCUT2D eigenvalue weighted by Gasteiger charge is -1.94. The van der Waals surface area contributed by atoms with Gasteiger partial charge in [0.05, 0.1) is 0 Å². The number of hydrogen-bond acceptors (Lipinski definition) is 4. The lowest BCUT2D eigenvalue weighted by molar-refractivity contribution is 0.103. The molecule has 14 heavy (non-hydrogen) atoms. The van der Waals surface area contributed by atoms with E-state index in [0.29, 0.717) is 16.4 Å². The van der Waals surface area contributed by atoms with Gasteiger partial charge in [0, 0.05) is 10.9 Å². The van der Waals surface area contributed by atoms with E-state index < -0.39 is 0 Å². The van der Waals surface area contributed by atoms with Gasteiger partial charge in [-0.3, -0.25) is 4.79 Å². The largest absolute Gasteiger partial charge is 0.383 e. The maximum atomic E-state index is 11.8. The van der Waals surface area contributed by atoms with E-state index >= 15 is 0 Å². The van der Waals surface area contributed by atoms with Crippen molar-refractivity contribution >= 4 is 22.9 Å². The summed E-state index contributed by atoms with van der Waals surface area (Å²) in [5, 5.41) is 2.10. The summed E-state index contributed by atoms with van der Waals surface area (Å²) in [4.78, 5) is 15.7. The molecule has 2 aromatic rings. The van der Waals surface area contributed by atoms with Gasteiger partial charge in [0.25, 0.3) is 0 Å². The van der Waals surface area contributed by atoms with Gasteiger partial charge in [-0.25, -0.2) is 4.98 Å². The van der Waals surface area contributed by atoms with Gasteiger partial charge in [-0.1, -0.05) is 30.3 Å². The highest BCUT2D eigenvalue weighted by molar-refractivity contribution is 7.12. The van der Waals surface area contributed by atoms with Crippen molar-refractivity contribution in [2.75, 3.05) is 5.73 Å². The van der Waals surface area contributed by atoms with Gasteiger partial charge in [-0.15, -0.1) is 11.3 Å². The molecule has 1 heterocycles. The van der Waals surface area contributed by atoms with Gasteiger partial charge >= 0.3 is 0 Å². The Morgan fingerprint density at radius 2 is 2.00 bits per heavy atom. The van der Waals surface area contributed by atoms with Crippen molar-refractivity contribution in [3.05, 3.63) is 46.3 Å². The average Bonchev–Trinajstić information content (AvgIpc) is 2.65. The van der Waals surface area contributed by atoms with Crippen LogP contribution in [-0.2, 0) is 0 Å². The number of nitrogens with zero attached hydrogens (tertiary/aromatic N) is 1. The Labute approximate surface area is 85.2 Å². The van der Waals surface area contributed by atoms with Crippen LogP contribution in [0, 0.1) is 0 Å². The summed E-state index contributed by atoms with van der Waals surface area (Å²) in [7, 11) is 0. The van der Waals surface area contributed by atoms with Crippen molar-refractivity contribution in [1.82, 2.24) is 4.98 Å². The lowest BCUT2D eigenvalue weighted by atomic mass is 10.1. The van der Waals surface area contributed by atoms with Gasteiger partial charge in [-0.05, 0) is 0 Å². The van der Waals surface area contributed by atoms with Crippen LogP contribution in [0.2, 0.25) is 0 Å². The molecule has 0 saturated carbocycles. The number of benzene rings is 1. The molecule has 0 fully saturated rings. The molecule has 3 nitrogen and oxygen atoms in total. The molecule has 0 unspecified atom stereocenters. The number of nitrogens with two attached hydrogens (primary N) is 1. The zero-order valence-corrected chi connectivity index (χ0v) is 8.12. The molecule has 2 rings (SSSR count). The number of rotatable bonds is 2. The van der Waals surface area contributed by atoms with E-state index in [1.54, 1.807) is 17.5 Å². The first-order chi connectivity index (χ1) is 6.77. The number of carbonyl (C=O) groups is 1. The van der Waals surface area contributed by atoms with E-state index in [0.717, 1.165) is 0 Å². The number of hydrogen-bond donors (Lipinski definition) is 1. The third kappa shape index (κ3) is 1.65. The molecule has 0 aliphatic rings. The van der Waals surface area contributed by atoms with Crippen LogP contribution in [0.15, 0.2) is 35.7 Å². The minimum Gasteiger partial charge on any atom is -0.383 e. The molecule has 1 aromatic carbocycles. The van der Waals surface area contributed by atoms with E-state index in [4.69, 9.17) is 5.73 Å². The fourth-order valence-corrected chi connectivity index (χ4v) is 1.77. The third-order valence-electron chi connectivity index (χ3n) is 1.75. The molecular weight excluding hydrogens is 196 g/mol. The zero-order chi connectivity index (χ0) is 9.97. The first-order valence-electron chi connectivity index (χ1n) is 4.08. The zero-order valence-electron chi connectivity index (χ0n) is 7.31. The van der Waals surface area contributed by atoms with Crippen molar-refractivity contribution in [3.63, 3.8) is 0 Å². The third-order valence-corrected chi connectivity index (χ3v) is 2.61. The number of thiazole rings is 1. The van der Waals surface area contributed by atoms with E-state index in [1.807, 2.05) is 18.2 Å². The fourth-order valence-electron chi connectivity index (χ4n) is 1.10. The Balaban J connectivity index is 2.34. The number of carbonyl (C=O) groups excluding carboxylic acids is 1. The fraction of sp³-hybridized carbons (Fsp3) is 0. The first kappa shape index (κ1) is 8.90. The Bertz CT molecular complexity index is 450. The average molecular weight is 204 g/mol. The second-order valence-corrected chi connectivity index (χ2v) is 3.63. The smallest absolute Gasteiger partial charge is 0.221 e. The second-order valence-electron chi connectivity index (χ2n) is 2.77. The van der Waals surface area contributed by atoms with E-state index in [1.165, 1.54) is 11.3 Å². The molecule has 0 saturated heterocycles. The molecule has 4 heteroatoms. The molecule has 2 N–H and O–H groups in total. The minimum absolute atomic E-state index is 0.0766. The van der Waals surface area contributed by atoms with Gasteiger partial charge < -0.3 is 5.73 Å². The molecule has 0 bridgehead atoms. The number of nitrogen functional groups attached to an aromatic ring is 1. The van der Waals surface area contributed by atoms with Crippen LogP contribution in [0.3, 0.4) is 0 Å². The minimum atomic E-state index is -0.0766. The lowest BCUT2D eigenvalue weighted by Crippen LogP contribution is -2.00. The first-order valence-corrected chi connectivity index (χ1v) is 4.96. The molecule has 0 amide bonds. The van der Waals surface area contributed by atoms with Crippen LogP contribution in [0.25, 0.3) is 0 Å². The highest BCUT2D eigenvalue weighted by atomic mass is 32.1. The Morgan fingerprint density at radius 3 is 2.57 bits per heavy atom. The van der Waals surface area contributed by atoms with Crippen LogP contribution in [0.5, 0.6) is 0 Å². The maximum absolute atomic E-state index is 11.8. The molecule has 0 aliphatic heterocycles. The number of ketones is 1. The quantitative estimate of drug-likeness (QED) is 0.761. The monoisotopic (exact) mass is 204 g/mol. The normalized spacial score (nSPS) is 10.0. The molecular formula is C10H8N2OS. The van der Waals surface area contributed by atoms with Crippen LogP contribution in [-0.4, -0.2) is 10.8 Å². The van der Waals surface area contributed by atoms with Crippen molar-refractivity contribution < 1.29 is 4.79 Å². The van der Waals surface area contributed by atoms with Gasteiger partial charge in [0.2, 0.25) is 5.78 Å². The van der Waals surface area contributed by atoms with E-state index in [-0.39, 0.29) is 5.78 Å². The molecule has 0 spiro atoms. The van der Waals surface area contributed by atoms with Crippen molar-refractivity contribution in [2.45, 2.75) is 0 Å². The Kier molecular flexibility index (Phi) is 2.28. The van der Waals surface area contributed by atoms with Gasteiger partial charge in [0.1, 0.15) is 5.82 Å². The van der Waals surface area contributed by atoms with Crippen molar-refractivity contribution in [3.8, 4) is 0 Å². The highest BCUT2D eigenvalue weighted by Gasteiger charge is 2.11. The van der Waals surface area contributed by atoms with Crippen LogP contribution in [0.1, 0.15) is 15.4 Å². The van der Waals surface area contributed by atoms with Gasteiger partial charge in [0.15, 0.2) is 5.01 Å². The van der Waals surface area contributed by atoms with Crippen LogP contribution in [0.4, 0.5) is 5.82 Å². The highest BCUT2D eigenvalue weighted by Crippen LogP contribution is 2.15. The summed E-state index contributed by atoms with van der Waals surface area (Å²) in [6.45, 7) is 0. The molecule has 0 aliphatic carbocycles. The van der Waals surface area contributed by atoms with Crippen molar-refractivity contribution in [2.24, 2.45) is 0 Å². The summed E-state index contributed by atoms with van der Waals surface area (Å²) in [6.07, 6.45) is 0. The van der Waals surface area contributed by atoms with E-state index in [2.05, 4.69) is 4.98 Å². The predicted octanol–water partition coefficient (Wildman–Crippen LogP) is 1.96. The SMILES string of the molecule is Nc1csc(C(=O)c2ccccc2)n1. The molecule has 1 aromatic heterocycles. The summed E-state index contributed by atoms with van der Waals surface area (Å²) in [6, 6.07) is 9.04. The maximum Gasteiger partial charge on any atom is 0.221 e. The van der Waals surface area contributed by atoms with Gasteiger partial charge in [-0.2, -0.15) is 0 Å². The number of aromatic nitrogens is 1. The second kappa shape index (κ2) is 3.59. The summed E-state index contributed by atoms with van der Waals surface area (Å²) in [5.74, 6) is 0.321. The predicted molar refractivity (Wildman–Crippen MR) is 56.4 cm³/mol. The standard InChI is InChI=1S/C10H8N2OS/c11-8-6-14-10(12-8)9(13)7-4-2-1-3-5-7/h1-6H,11H2. The van der Waals surface area contributed by atoms with Crippen LogP contribution >= 0.6 is 11.3 Å². The number of anilines is 1.